The van der Waals surface area contributed by atoms with E-state index in [1.807, 2.05) is 31.2 Å². The summed E-state index contributed by atoms with van der Waals surface area (Å²) in [5.74, 6) is -0.0111. The summed E-state index contributed by atoms with van der Waals surface area (Å²) in [6, 6.07) is 14.6. The molecule has 0 amide bonds. The molecule has 0 spiro atoms. The van der Waals surface area contributed by atoms with E-state index in [1.165, 1.54) is 0 Å². The van der Waals surface area contributed by atoms with Crippen molar-refractivity contribution in [1.29, 1.82) is 0 Å². The Morgan fingerprint density at radius 1 is 1.14 bits per heavy atom. The van der Waals surface area contributed by atoms with Crippen molar-refractivity contribution in [1.82, 2.24) is 0 Å². The van der Waals surface area contributed by atoms with Gasteiger partial charge in [0.2, 0.25) is 10.0 Å². The Morgan fingerprint density at radius 2 is 1.81 bits per heavy atom. The van der Waals surface area contributed by atoms with Gasteiger partial charge in [-0.2, -0.15) is 0 Å². The van der Waals surface area contributed by atoms with Crippen molar-refractivity contribution in [2.24, 2.45) is 0 Å². The van der Waals surface area contributed by atoms with Gasteiger partial charge in [-0.25, -0.2) is 8.42 Å². The molecule has 0 saturated heterocycles. The van der Waals surface area contributed by atoms with E-state index in [4.69, 9.17) is 11.6 Å². The number of halogens is 1. The van der Waals surface area contributed by atoms with Gasteiger partial charge >= 0.3 is 0 Å². The minimum absolute atomic E-state index is 0.0111. The first-order chi connectivity index (χ1) is 9.97. The molecular formula is C16H16ClNO2S. The second-order valence-electron chi connectivity index (χ2n) is 5.36. The Hall–Kier alpha value is -1.52. The zero-order valence-corrected chi connectivity index (χ0v) is 13.2. The molecule has 0 unspecified atom stereocenters. The predicted octanol–water partition coefficient (Wildman–Crippen LogP) is 3.62. The highest BCUT2D eigenvalue weighted by molar-refractivity contribution is 7.92. The van der Waals surface area contributed by atoms with Crippen LogP contribution in [0.25, 0.3) is 0 Å². The van der Waals surface area contributed by atoms with Gasteiger partial charge < -0.3 is 0 Å². The summed E-state index contributed by atoms with van der Waals surface area (Å²) in [7, 11) is -3.40. The topological polar surface area (TPSA) is 37.4 Å². The van der Waals surface area contributed by atoms with Crippen molar-refractivity contribution in [3.63, 3.8) is 0 Å². The van der Waals surface area contributed by atoms with Gasteiger partial charge in [-0.3, -0.25) is 4.31 Å². The third kappa shape index (κ3) is 2.78. The molecule has 1 heterocycles. The number of hydrogen-bond acceptors (Lipinski definition) is 2. The van der Waals surface area contributed by atoms with Crippen molar-refractivity contribution in [2.45, 2.75) is 25.1 Å². The largest absolute Gasteiger partial charge is 0.267 e. The monoisotopic (exact) mass is 321 g/mol. The van der Waals surface area contributed by atoms with E-state index in [1.54, 1.807) is 28.6 Å². The summed E-state index contributed by atoms with van der Waals surface area (Å²) < 4.78 is 27.1. The molecular weight excluding hydrogens is 306 g/mol. The number of para-hydroxylation sites is 1. The van der Waals surface area contributed by atoms with Crippen LogP contribution in [0.3, 0.4) is 0 Å². The second kappa shape index (κ2) is 5.35. The van der Waals surface area contributed by atoms with Gasteiger partial charge in [-0.15, -0.1) is 0 Å². The van der Waals surface area contributed by atoms with Crippen LogP contribution in [-0.2, 0) is 22.2 Å². The maximum Gasteiger partial charge on any atom is 0.239 e. The van der Waals surface area contributed by atoms with Crippen LogP contribution in [0, 0.1) is 0 Å². The van der Waals surface area contributed by atoms with Crippen LogP contribution in [0.5, 0.6) is 0 Å². The fourth-order valence-electron chi connectivity index (χ4n) is 2.82. The molecule has 0 aliphatic carbocycles. The average Bonchev–Trinajstić information content (AvgIpc) is 2.77. The van der Waals surface area contributed by atoms with E-state index >= 15 is 0 Å². The van der Waals surface area contributed by atoms with Crippen molar-refractivity contribution in [3.8, 4) is 0 Å². The van der Waals surface area contributed by atoms with Gasteiger partial charge in [0.05, 0.1) is 11.4 Å². The standard InChI is InChI=1S/C16H16ClNO2S/c1-12-10-14-4-2-3-5-16(14)18(12)21(19,20)11-13-6-8-15(17)9-7-13/h2-9,12H,10-11H2,1H3/t12-/m0/s1. The molecule has 2 aromatic rings. The van der Waals surface area contributed by atoms with Crippen molar-refractivity contribution < 1.29 is 8.42 Å². The van der Waals surface area contributed by atoms with Crippen LogP contribution in [0.4, 0.5) is 5.69 Å². The number of benzene rings is 2. The number of nitrogens with zero attached hydrogens (tertiary/aromatic N) is 1. The van der Waals surface area contributed by atoms with Crippen LogP contribution >= 0.6 is 11.6 Å². The lowest BCUT2D eigenvalue weighted by Gasteiger charge is -2.24. The maximum atomic E-state index is 12.8. The molecule has 3 rings (SSSR count). The van der Waals surface area contributed by atoms with E-state index in [9.17, 15) is 8.42 Å². The summed E-state index contributed by atoms with van der Waals surface area (Å²) in [5, 5.41) is 0.607. The molecule has 21 heavy (non-hydrogen) atoms. The van der Waals surface area contributed by atoms with Gasteiger partial charge in [-0.05, 0) is 42.7 Å². The molecule has 1 aliphatic rings. The third-order valence-corrected chi connectivity index (χ3v) is 5.81. The summed E-state index contributed by atoms with van der Waals surface area (Å²) in [4.78, 5) is 0. The normalized spacial score (nSPS) is 17.8. The lowest BCUT2D eigenvalue weighted by molar-refractivity contribution is 0.583. The molecule has 3 nitrogen and oxygen atoms in total. The number of sulfonamides is 1. The third-order valence-electron chi connectivity index (χ3n) is 3.71. The molecule has 0 radical (unpaired) electrons. The van der Waals surface area contributed by atoms with Gasteiger partial charge in [-0.1, -0.05) is 41.9 Å². The van der Waals surface area contributed by atoms with Crippen LogP contribution in [0.15, 0.2) is 48.5 Å². The van der Waals surface area contributed by atoms with Crippen molar-refractivity contribution in [3.05, 3.63) is 64.7 Å². The minimum atomic E-state index is -3.40. The molecule has 0 bridgehead atoms. The summed E-state index contributed by atoms with van der Waals surface area (Å²) in [6.07, 6.45) is 0.760. The van der Waals surface area contributed by atoms with Gasteiger partial charge in [0.15, 0.2) is 0 Å². The summed E-state index contributed by atoms with van der Waals surface area (Å²) in [6.45, 7) is 1.94. The molecule has 0 N–H and O–H groups in total. The van der Waals surface area contributed by atoms with Crippen LogP contribution < -0.4 is 4.31 Å². The lowest BCUT2D eigenvalue weighted by atomic mass is 10.1. The first-order valence-electron chi connectivity index (χ1n) is 6.82. The maximum absolute atomic E-state index is 12.8. The summed E-state index contributed by atoms with van der Waals surface area (Å²) in [5.41, 5.74) is 2.64. The molecule has 5 heteroatoms. The zero-order valence-electron chi connectivity index (χ0n) is 11.7. The van der Waals surface area contributed by atoms with Gasteiger partial charge in [0.25, 0.3) is 0 Å². The molecule has 0 aromatic heterocycles. The van der Waals surface area contributed by atoms with E-state index < -0.39 is 10.0 Å². The van der Waals surface area contributed by atoms with E-state index in [0.717, 1.165) is 23.2 Å². The zero-order chi connectivity index (χ0) is 15.0. The number of rotatable bonds is 3. The Bertz CT molecular complexity index is 756. The van der Waals surface area contributed by atoms with E-state index in [2.05, 4.69) is 0 Å². The smallest absolute Gasteiger partial charge is 0.239 e. The molecule has 1 atom stereocenters. The molecule has 2 aromatic carbocycles. The SMILES string of the molecule is C[C@H]1Cc2ccccc2N1S(=O)(=O)Cc1ccc(Cl)cc1. The van der Waals surface area contributed by atoms with E-state index in [0.29, 0.717) is 5.02 Å². The second-order valence-corrected chi connectivity index (χ2v) is 7.64. The molecule has 0 saturated carbocycles. The number of anilines is 1. The van der Waals surface area contributed by atoms with Crippen LogP contribution in [-0.4, -0.2) is 14.5 Å². The highest BCUT2D eigenvalue weighted by Crippen LogP contribution is 2.35. The van der Waals surface area contributed by atoms with Crippen LogP contribution in [0.1, 0.15) is 18.1 Å². The van der Waals surface area contributed by atoms with Crippen molar-refractivity contribution >= 4 is 27.3 Å². The minimum Gasteiger partial charge on any atom is -0.267 e. The Morgan fingerprint density at radius 3 is 2.52 bits per heavy atom. The Kier molecular flexibility index (Phi) is 3.68. The fourth-order valence-corrected chi connectivity index (χ4v) is 4.80. The fraction of sp³-hybridized carbons (Fsp3) is 0.250. The Labute approximate surface area is 130 Å². The number of fused-ring (bicyclic) bond motifs is 1. The first kappa shape index (κ1) is 14.4. The first-order valence-corrected chi connectivity index (χ1v) is 8.80. The lowest BCUT2D eigenvalue weighted by Crippen LogP contribution is -2.36. The number of hydrogen-bond donors (Lipinski definition) is 0. The molecule has 0 fully saturated rings. The van der Waals surface area contributed by atoms with Crippen molar-refractivity contribution in [2.75, 3.05) is 4.31 Å². The van der Waals surface area contributed by atoms with Gasteiger partial charge in [0.1, 0.15) is 0 Å². The molecule has 110 valence electrons. The molecule has 1 aliphatic heterocycles. The van der Waals surface area contributed by atoms with Crippen LogP contribution in [0.2, 0.25) is 5.02 Å². The summed E-state index contributed by atoms with van der Waals surface area (Å²) >= 11 is 5.84. The highest BCUT2D eigenvalue weighted by atomic mass is 35.5. The van der Waals surface area contributed by atoms with Gasteiger partial charge in [0, 0.05) is 11.1 Å². The Balaban J connectivity index is 1.93. The highest BCUT2D eigenvalue weighted by Gasteiger charge is 2.34. The van der Waals surface area contributed by atoms with E-state index in [-0.39, 0.29) is 11.8 Å². The quantitative estimate of drug-likeness (QED) is 0.866. The average molecular weight is 322 g/mol. The predicted molar refractivity (Wildman–Crippen MR) is 86.2 cm³/mol.